The number of nitrogens with two attached hydrogens (primary N) is 1. The van der Waals surface area contributed by atoms with E-state index in [1.54, 1.807) is 31.2 Å². The highest BCUT2D eigenvalue weighted by molar-refractivity contribution is 6.24. The number of rotatable bonds is 2. The van der Waals surface area contributed by atoms with Gasteiger partial charge >= 0.3 is 11.6 Å². The first kappa shape index (κ1) is 13.1. The second kappa shape index (κ2) is 4.59. The number of carbonyl (C=O) groups excluding carboxylic acids is 2. The Labute approximate surface area is 119 Å². The summed E-state index contributed by atoms with van der Waals surface area (Å²) in [6.45, 7) is 1.79. The molecule has 0 fully saturated rings. The standard InChI is InChI=1S/C15H11NO5/c1-2-20-14(18)11-9-7-5-3-4-6-8(7)12(17)10(9)15(19)21-13(11)16/h3-6H,2,16H2,1H3. The van der Waals surface area contributed by atoms with Gasteiger partial charge in [-0.2, -0.15) is 0 Å². The van der Waals surface area contributed by atoms with Gasteiger partial charge in [-0.3, -0.25) is 4.79 Å². The predicted molar refractivity (Wildman–Crippen MR) is 74.2 cm³/mol. The first-order valence-electron chi connectivity index (χ1n) is 6.34. The van der Waals surface area contributed by atoms with Crippen molar-refractivity contribution in [1.82, 2.24) is 0 Å². The van der Waals surface area contributed by atoms with Crippen molar-refractivity contribution < 1.29 is 18.7 Å². The summed E-state index contributed by atoms with van der Waals surface area (Å²) in [5.74, 6) is -1.54. The summed E-state index contributed by atoms with van der Waals surface area (Å²) in [7, 11) is 0. The third-order valence-corrected chi connectivity index (χ3v) is 3.30. The molecule has 0 unspecified atom stereocenters. The summed E-state index contributed by atoms with van der Waals surface area (Å²) in [4.78, 5) is 36.3. The molecule has 106 valence electrons. The molecule has 6 nitrogen and oxygen atoms in total. The van der Waals surface area contributed by atoms with Crippen LogP contribution in [-0.4, -0.2) is 18.4 Å². The van der Waals surface area contributed by atoms with E-state index in [0.29, 0.717) is 11.1 Å². The van der Waals surface area contributed by atoms with Crippen molar-refractivity contribution in [1.29, 1.82) is 0 Å². The first-order valence-corrected chi connectivity index (χ1v) is 6.34. The maximum atomic E-state index is 12.3. The van der Waals surface area contributed by atoms with Crippen LogP contribution in [0.15, 0.2) is 33.5 Å². The molecule has 1 aromatic heterocycles. The molecule has 0 spiro atoms. The lowest BCUT2D eigenvalue weighted by atomic mass is 10.0. The summed E-state index contributed by atoms with van der Waals surface area (Å²) >= 11 is 0. The number of hydrogen-bond acceptors (Lipinski definition) is 6. The maximum Gasteiger partial charge on any atom is 0.349 e. The molecule has 1 heterocycles. The van der Waals surface area contributed by atoms with Crippen LogP contribution in [0.4, 0.5) is 5.88 Å². The van der Waals surface area contributed by atoms with Crippen molar-refractivity contribution >= 4 is 17.6 Å². The lowest BCUT2D eigenvalue weighted by Crippen LogP contribution is -2.18. The van der Waals surface area contributed by atoms with Crippen molar-refractivity contribution in [2.75, 3.05) is 12.3 Å². The lowest BCUT2D eigenvalue weighted by Gasteiger charge is -2.09. The molecule has 0 saturated carbocycles. The minimum Gasteiger partial charge on any atom is -0.462 e. The summed E-state index contributed by atoms with van der Waals surface area (Å²) in [6.07, 6.45) is 0. The average Bonchev–Trinajstić information content (AvgIpc) is 2.74. The van der Waals surface area contributed by atoms with E-state index in [0.717, 1.165) is 0 Å². The van der Waals surface area contributed by atoms with E-state index in [1.165, 1.54) is 0 Å². The van der Waals surface area contributed by atoms with Gasteiger partial charge in [0.25, 0.3) is 0 Å². The second-order valence-corrected chi connectivity index (χ2v) is 4.47. The number of anilines is 1. The van der Waals surface area contributed by atoms with E-state index in [1.807, 2.05) is 0 Å². The zero-order valence-corrected chi connectivity index (χ0v) is 11.1. The van der Waals surface area contributed by atoms with Crippen molar-refractivity contribution in [2.24, 2.45) is 0 Å². The van der Waals surface area contributed by atoms with Crippen molar-refractivity contribution in [3.05, 3.63) is 51.4 Å². The van der Waals surface area contributed by atoms with E-state index in [2.05, 4.69) is 0 Å². The molecular weight excluding hydrogens is 274 g/mol. The minimum atomic E-state index is -0.850. The van der Waals surface area contributed by atoms with E-state index < -0.39 is 17.4 Å². The molecule has 6 heteroatoms. The van der Waals surface area contributed by atoms with Gasteiger partial charge in [-0.05, 0) is 12.5 Å². The van der Waals surface area contributed by atoms with Crippen LogP contribution < -0.4 is 11.4 Å². The average molecular weight is 285 g/mol. The molecule has 1 aliphatic carbocycles. The number of esters is 1. The highest BCUT2D eigenvalue weighted by Gasteiger charge is 2.36. The predicted octanol–water partition coefficient (Wildman–Crippen LogP) is 1.61. The van der Waals surface area contributed by atoms with E-state index in [-0.39, 0.29) is 29.2 Å². The Balaban J connectivity index is 2.40. The number of ether oxygens (including phenoxy) is 1. The Morgan fingerprint density at radius 2 is 1.86 bits per heavy atom. The van der Waals surface area contributed by atoms with Gasteiger partial charge in [-0.1, -0.05) is 24.3 Å². The van der Waals surface area contributed by atoms with E-state index in [4.69, 9.17) is 14.9 Å². The van der Waals surface area contributed by atoms with Gasteiger partial charge in [-0.15, -0.1) is 0 Å². The van der Waals surface area contributed by atoms with Gasteiger partial charge in [0.2, 0.25) is 11.7 Å². The van der Waals surface area contributed by atoms with Crippen LogP contribution in [0, 0.1) is 0 Å². The molecule has 3 rings (SSSR count). The fourth-order valence-electron chi connectivity index (χ4n) is 2.47. The Morgan fingerprint density at radius 3 is 2.52 bits per heavy atom. The summed E-state index contributed by atoms with van der Waals surface area (Å²) in [6, 6.07) is 6.63. The lowest BCUT2D eigenvalue weighted by molar-refractivity contribution is 0.0526. The third kappa shape index (κ3) is 1.76. The highest BCUT2D eigenvalue weighted by atomic mass is 16.5. The van der Waals surface area contributed by atoms with Crippen LogP contribution >= 0.6 is 0 Å². The summed E-state index contributed by atoms with van der Waals surface area (Å²) in [5.41, 5.74) is 5.57. The fraction of sp³-hybridized carbons (Fsp3) is 0.133. The molecule has 0 amide bonds. The van der Waals surface area contributed by atoms with Crippen molar-refractivity contribution in [2.45, 2.75) is 6.92 Å². The Kier molecular flexibility index (Phi) is 2.86. The number of fused-ring (bicyclic) bond motifs is 3. The van der Waals surface area contributed by atoms with Crippen molar-refractivity contribution in [3.63, 3.8) is 0 Å². The molecule has 0 aliphatic heterocycles. The number of nitrogen functional groups attached to an aromatic ring is 1. The largest absolute Gasteiger partial charge is 0.462 e. The number of hydrogen-bond donors (Lipinski definition) is 1. The van der Waals surface area contributed by atoms with Gasteiger partial charge in [0.15, 0.2) is 0 Å². The first-order chi connectivity index (χ1) is 10.1. The quantitative estimate of drug-likeness (QED) is 0.718. The Bertz CT molecular complexity index is 834. The molecular formula is C15H11NO5. The second-order valence-electron chi connectivity index (χ2n) is 4.47. The zero-order valence-electron chi connectivity index (χ0n) is 11.1. The molecule has 2 N–H and O–H groups in total. The molecule has 0 bridgehead atoms. The third-order valence-electron chi connectivity index (χ3n) is 3.30. The molecule has 1 aliphatic rings. The fourth-order valence-corrected chi connectivity index (χ4v) is 2.47. The molecule has 2 aromatic rings. The maximum absolute atomic E-state index is 12.3. The molecule has 0 atom stereocenters. The minimum absolute atomic E-state index is 0.0789. The zero-order chi connectivity index (χ0) is 15.1. The van der Waals surface area contributed by atoms with Crippen LogP contribution in [0.1, 0.15) is 33.2 Å². The normalized spacial score (nSPS) is 12.0. The molecule has 1 aromatic carbocycles. The Hall–Kier alpha value is -2.89. The summed E-state index contributed by atoms with van der Waals surface area (Å²) in [5, 5.41) is 0. The monoisotopic (exact) mass is 285 g/mol. The molecule has 0 radical (unpaired) electrons. The SMILES string of the molecule is CCOC(=O)c1c(N)oc(=O)c2c1-c1ccccc1C2=O. The smallest absolute Gasteiger partial charge is 0.349 e. The van der Waals surface area contributed by atoms with Gasteiger partial charge in [0.05, 0.1) is 6.61 Å². The molecule has 21 heavy (non-hydrogen) atoms. The van der Waals surface area contributed by atoms with Crippen LogP contribution in [-0.2, 0) is 4.74 Å². The van der Waals surface area contributed by atoms with E-state index in [9.17, 15) is 14.4 Å². The Morgan fingerprint density at radius 1 is 1.19 bits per heavy atom. The number of carbonyl (C=O) groups is 2. The topological polar surface area (TPSA) is 99.6 Å². The van der Waals surface area contributed by atoms with Gasteiger partial charge in [-0.25, -0.2) is 9.59 Å². The van der Waals surface area contributed by atoms with Crippen molar-refractivity contribution in [3.8, 4) is 11.1 Å². The van der Waals surface area contributed by atoms with Crippen LogP contribution in [0.5, 0.6) is 0 Å². The van der Waals surface area contributed by atoms with Gasteiger partial charge in [0, 0.05) is 11.1 Å². The summed E-state index contributed by atoms with van der Waals surface area (Å²) < 4.78 is 9.75. The molecule has 0 saturated heterocycles. The van der Waals surface area contributed by atoms with Crippen LogP contribution in [0.3, 0.4) is 0 Å². The van der Waals surface area contributed by atoms with Crippen LogP contribution in [0.25, 0.3) is 11.1 Å². The highest BCUT2D eigenvalue weighted by Crippen LogP contribution is 2.39. The number of benzene rings is 1. The van der Waals surface area contributed by atoms with Crippen LogP contribution in [0.2, 0.25) is 0 Å². The van der Waals surface area contributed by atoms with Gasteiger partial charge in [0.1, 0.15) is 11.1 Å². The van der Waals surface area contributed by atoms with E-state index >= 15 is 0 Å². The number of ketones is 1. The van der Waals surface area contributed by atoms with Gasteiger partial charge < -0.3 is 14.9 Å².